The molecule has 0 spiro atoms. The second kappa shape index (κ2) is 5.98. The van der Waals surface area contributed by atoms with Crippen LogP contribution in [0.2, 0.25) is 0 Å². The van der Waals surface area contributed by atoms with Crippen molar-refractivity contribution in [3.05, 3.63) is 64.1 Å². The van der Waals surface area contributed by atoms with E-state index in [1.165, 1.54) is 5.56 Å². The summed E-state index contributed by atoms with van der Waals surface area (Å²) in [7, 11) is 0. The zero-order valence-electron chi connectivity index (χ0n) is 11.3. The van der Waals surface area contributed by atoms with Crippen molar-refractivity contribution in [2.75, 3.05) is 0 Å². The van der Waals surface area contributed by atoms with Gasteiger partial charge in [0.15, 0.2) is 0 Å². The predicted octanol–water partition coefficient (Wildman–Crippen LogP) is 4.23. The first-order valence-electron chi connectivity index (χ1n) is 6.98. The van der Waals surface area contributed by atoms with Gasteiger partial charge in [-0.25, -0.2) is 0 Å². The number of rotatable bonds is 3. The Kier molecular flexibility index (Phi) is 4.08. The maximum Gasteiger partial charge on any atom is 0.124 e. The Balaban J connectivity index is 1.67. The topological polar surface area (TPSA) is 35.2 Å². The average molecular weight is 332 g/mol. The van der Waals surface area contributed by atoms with Crippen molar-refractivity contribution >= 4 is 15.9 Å². The maximum atomic E-state index is 6.27. The Bertz CT molecular complexity index is 585. The normalized spacial score (nSPS) is 21.1. The van der Waals surface area contributed by atoms with Crippen LogP contribution >= 0.6 is 15.9 Å². The summed E-state index contributed by atoms with van der Waals surface area (Å²) in [5.74, 6) is 0.935. The lowest BCUT2D eigenvalue weighted by atomic mass is 9.94. The molecule has 104 valence electrons. The molecular formula is C17H18BrNO. The molecule has 0 saturated heterocycles. The molecule has 3 heteroatoms. The molecule has 1 aliphatic heterocycles. The van der Waals surface area contributed by atoms with Crippen LogP contribution in [0.4, 0.5) is 0 Å². The third-order valence-corrected chi connectivity index (χ3v) is 4.27. The number of aryl methyl sites for hydroxylation is 1. The highest BCUT2D eigenvalue weighted by atomic mass is 79.9. The van der Waals surface area contributed by atoms with Crippen LogP contribution in [0.3, 0.4) is 0 Å². The van der Waals surface area contributed by atoms with Crippen LogP contribution in [-0.2, 0) is 6.42 Å². The summed E-state index contributed by atoms with van der Waals surface area (Å²) in [4.78, 5) is 0. The van der Waals surface area contributed by atoms with Gasteiger partial charge in [-0.2, -0.15) is 0 Å². The standard InChI is InChI=1S/C17H18BrNO/c18-13-7-9-17-15(10-13)16(19)11-14(20-17)8-6-12-4-2-1-3-5-12/h1-5,7,9-10,14,16H,6,8,11,19H2/t14?,16-/m1/s1. The van der Waals surface area contributed by atoms with E-state index in [4.69, 9.17) is 10.5 Å². The van der Waals surface area contributed by atoms with Crippen molar-refractivity contribution in [1.29, 1.82) is 0 Å². The highest BCUT2D eigenvalue weighted by Gasteiger charge is 2.25. The Hall–Kier alpha value is -1.32. The highest BCUT2D eigenvalue weighted by Crippen LogP contribution is 2.36. The van der Waals surface area contributed by atoms with Gasteiger partial charge in [-0.15, -0.1) is 0 Å². The van der Waals surface area contributed by atoms with E-state index in [0.717, 1.165) is 35.0 Å². The molecule has 0 aliphatic carbocycles. The van der Waals surface area contributed by atoms with E-state index in [0.29, 0.717) is 0 Å². The quantitative estimate of drug-likeness (QED) is 0.913. The van der Waals surface area contributed by atoms with E-state index in [9.17, 15) is 0 Å². The van der Waals surface area contributed by atoms with Crippen molar-refractivity contribution in [2.45, 2.75) is 31.4 Å². The maximum absolute atomic E-state index is 6.27. The predicted molar refractivity (Wildman–Crippen MR) is 84.9 cm³/mol. The third-order valence-electron chi connectivity index (χ3n) is 3.78. The number of fused-ring (bicyclic) bond motifs is 1. The van der Waals surface area contributed by atoms with E-state index in [1.54, 1.807) is 0 Å². The molecule has 3 rings (SSSR count). The molecule has 1 heterocycles. The molecule has 2 atom stereocenters. The van der Waals surface area contributed by atoms with Crippen LogP contribution in [0.15, 0.2) is 53.0 Å². The Labute approximate surface area is 128 Å². The molecule has 2 N–H and O–H groups in total. The summed E-state index contributed by atoms with van der Waals surface area (Å²) in [5, 5.41) is 0. The van der Waals surface area contributed by atoms with Crippen LogP contribution in [0, 0.1) is 0 Å². The van der Waals surface area contributed by atoms with Gasteiger partial charge >= 0.3 is 0 Å². The number of hydrogen-bond acceptors (Lipinski definition) is 2. The van der Waals surface area contributed by atoms with Crippen LogP contribution in [-0.4, -0.2) is 6.10 Å². The van der Waals surface area contributed by atoms with Gasteiger partial charge in [0.05, 0.1) is 0 Å². The van der Waals surface area contributed by atoms with Crippen LogP contribution in [0.1, 0.15) is 30.0 Å². The summed E-state index contributed by atoms with van der Waals surface area (Å²) in [6.07, 6.45) is 3.13. The fourth-order valence-electron chi connectivity index (χ4n) is 2.70. The second-order valence-electron chi connectivity index (χ2n) is 5.29. The molecular weight excluding hydrogens is 314 g/mol. The van der Waals surface area contributed by atoms with Gasteiger partial charge in [0.2, 0.25) is 0 Å². The smallest absolute Gasteiger partial charge is 0.124 e. The fourth-order valence-corrected chi connectivity index (χ4v) is 3.08. The number of halogens is 1. The summed E-state index contributed by atoms with van der Waals surface area (Å²) in [6.45, 7) is 0. The first-order valence-corrected chi connectivity index (χ1v) is 7.77. The van der Waals surface area contributed by atoms with Gasteiger partial charge in [-0.05, 0) is 36.6 Å². The molecule has 1 aliphatic rings. The zero-order valence-corrected chi connectivity index (χ0v) is 12.8. The Morgan fingerprint density at radius 3 is 2.75 bits per heavy atom. The van der Waals surface area contributed by atoms with Crippen molar-refractivity contribution < 1.29 is 4.74 Å². The van der Waals surface area contributed by atoms with Crippen molar-refractivity contribution in [1.82, 2.24) is 0 Å². The van der Waals surface area contributed by atoms with E-state index in [-0.39, 0.29) is 12.1 Å². The van der Waals surface area contributed by atoms with Gasteiger partial charge in [-0.1, -0.05) is 46.3 Å². The molecule has 2 aromatic carbocycles. The molecule has 0 aromatic heterocycles. The minimum Gasteiger partial charge on any atom is -0.490 e. The van der Waals surface area contributed by atoms with Gasteiger partial charge in [0, 0.05) is 22.5 Å². The minimum absolute atomic E-state index is 0.0667. The lowest BCUT2D eigenvalue weighted by Gasteiger charge is -2.30. The highest BCUT2D eigenvalue weighted by molar-refractivity contribution is 9.10. The van der Waals surface area contributed by atoms with Crippen molar-refractivity contribution in [3.8, 4) is 5.75 Å². The number of ether oxygens (including phenoxy) is 1. The van der Waals surface area contributed by atoms with Crippen LogP contribution in [0.5, 0.6) is 5.75 Å². The monoisotopic (exact) mass is 331 g/mol. The van der Waals surface area contributed by atoms with Gasteiger partial charge in [0.25, 0.3) is 0 Å². The van der Waals surface area contributed by atoms with E-state index in [2.05, 4.69) is 46.3 Å². The van der Waals surface area contributed by atoms with Crippen LogP contribution in [0.25, 0.3) is 0 Å². The SMILES string of the molecule is N[C@@H]1CC(CCc2ccccc2)Oc2ccc(Br)cc21. The molecule has 20 heavy (non-hydrogen) atoms. The molecule has 1 unspecified atom stereocenters. The number of hydrogen-bond donors (Lipinski definition) is 1. The van der Waals surface area contributed by atoms with Crippen molar-refractivity contribution in [2.24, 2.45) is 5.73 Å². The van der Waals surface area contributed by atoms with E-state index in [1.807, 2.05) is 18.2 Å². The fraction of sp³-hybridized carbons (Fsp3) is 0.294. The molecule has 2 nitrogen and oxygen atoms in total. The number of nitrogens with two attached hydrogens (primary N) is 1. The summed E-state index contributed by atoms with van der Waals surface area (Å²) in [6, 6.07) is 16.7. The van der Waals surface area contributed by atoms with Gasteiger partial charge in [-0.3, -0.25) is 0 Å². The first-order chi connectivity index (χ1) is 9.72. The second-order valence-corrected chi connectivity index (χ2v) is 6.20. The summed E-state index contributed by atoms with van der Waals surface area (Å²) < 4.78 is 7.13. The molecule has 0 amide bonds. The van der Waals surface area contributed by atoms with E-state index < -0.39 is 0 Å². The molecule has 0 fully saturated rings. The molecule has 0 bridgehead atoms. The number of benzene rings is 2. The molecule has 0 saturated carbocycles. The largest absolute Gasteiger partial charge is 0.490 e. The zero-order chi connectivity index (χ0) is 13.9. The van der Waals surface area contributed by atoms with E-state index >= 15 is 0 Å². The molecule has 0 radical (unpaired) electrons. The average Bonchev–Trinajstić information content (AvgIpc) is 2.47. The third kappa shape index (κ3) is 3.05. The minimum atomic E-state index is 0.0667. The van der Waals surface area contributed by atoms with Gasteiger partial charge < -0.3 is 10.5 Å². The first kappa shape index (κ1) is 13.7. The summed E-state index contributed by atoms with van der Waals surface area (Å²) >= 11 is 3.48. The lowest BCUT2D eigenvalue weighted by molar-refractivity contribution is 0.150. The molecule has 2 aromatic rings. The Morgan fingerprint density at radius 2 is 1.95 bits per heavy atom. The van der Waals surface area contributed by atoms with Crippen LogP contribution < -0.4 is 10.5 Å². The summed E-state index contributed by atoms with van der Waals surface area (Å²) in [5.41, 5.74) is 8.73. The van der Waals surface area contributed by atoms with Gasteiger partial charge in [0.1, 0.15) is 11.9 Å². The lowest BCUT2D eigenvalue weighted by Crippen LogP contribution is -2.29. The van der Waals surface area contributed by atoms with Crippen molar-refractivity contribution in [3.63, 3.8) is 0 Å². The Morgan fingerprint density at radius 1 is 1.15 bits per heavy atom.